The van der Waals surface area contributed by atoms with Gasteiger partial charge in [0, 0.05) is 27.7 Å². The van der Waals surface area contributed by atoms with Gasteiger partial charge in [0.15, 0.2) is 0 Å². The van der Waals surface area contributed by atoms with Crippen LogP contribution in [0.15, 0.2) is 113 Å². The first-order valence-electron chi connectivity index (χ1n) is 11.9. The molecule has 0 aromatic heterocycles. The van der Waals surface area contributed by atoms with Crippen molar-refractivity contribution in [1.29, 1.82) is 0 Å². The first-order valence-corrected chi connectivity index (χ1v) is 12.7. The van der Waals surface area contributed by atoms with Crippen LogP contribution in [-0.2, 0) is 17.6 Å². The maximum absolute atomic E-state index is 13.4. The quantitative estimate of drug-likeness (QED) is 0.246. The van der Waals surface area contributed by atoms with Crippen molar-refractivity contribution in [2.75, 3.05) is 23.9 Å². The summed E-state index contributed by atoms with van der Waals surface area (Å²) >= 11 is 1.56. The molecule has 2 amide bonds. The van der Waals surface area contributed by atoms with Gasteiger partial charge < -0.3 is 15.2 Å². The van der Waals surface area contributed by atoms with E-state index in [0.29, 0.717) is 18.7 Å². The second-order valence-corrected chi connectivity index (χ2v) is 9.51. The Morgan fingerprint density at radius 1 is 0.838 bits per heavy atom. The zero-order valence-corrected chi connectivity index (χ0v) is 21.3. The van der Waals surface area contributed by atoms with Crippen molar-refractivity contribution >= 4 is 35.1 Å². The van der Waals surface area contributed by atoms with Gasteiger partial charge in [0.1, 0.15) is 5.75 Å². The largest absolute Gasteiger partial charge is 0.497 e. The third kappa shape index (κ3) is 7.62. The third-order valence-corrected chi connectivity index (χ3v) is 6.69. The summed E-state index contributed by atoms with van der Waals surface area (Å²) in [7, 11) is 1.61. The number of methoxy groups -OCH3 is 1. The third-order valence-electron chi connectivity index (χ3n) is 5.70. The van der Waals surface area contributed by atoms with E-state index >= 15 is 0 Å². The highest BCUT2D eigenvalue weighted by Gasteiger charge is 2.17. The molecule has 188 valence electrons. The Morgan fingerprint density at radius 3 is 2.24 bits per heavy atom. The van der Waals surface area contributed by atoms with Gasteiger partial charge in [-0.25, -0.2) is 4.79 Å². The number of hydrogen-bond acceptors (Lipinski definition) is 4. The van der Waals surface area contributed by atoms with Gasteiger partial charge >= 0.3 is 12.0 Å². The number of carboxylic acid groups (broad SMARTS) is 1. The lowest BCUT2D eigenvalue weighted by Crippen LogP contribution is -2.36. The highest BCUT2D eigenvalue weighted by Crippen LogP contribution is 2.31. The van der Waals surface area contributed by atoms with Crippen molar-refractivity contribution in [1.82, 2.24) is 0 Å². The molecule has 0 saturated carbocycles. The van der Waals surface area contributed by atoms with Crippen LogP contribution in [0.1, 0.15) is 11.1 Å². The van der Waals surface area contributed by atoms with Crippen LogP contribution in [0.4, 0.5) is 16.2 Å². The Bertz CT molecular complexity index is 1330. The standard InChI is InChI=1S/C30H28N2O4S/c1-36-26-14-12-24(13-15-26)31-30(35)32(19-18-22-6-3-2-4-7-22)25-8-5-9-28(21-25)37-27-16-10-23(11-17-27)20-29(33)34/h2-17,21H,18-20H2,1H3,(H,31,35)(H,33,34). The second kappa shape index (κ2) is 12.6. The van der Waals surface area contributed by atoms with Crippen LogP contribution in [0.5, 0.6) is 5.75 Å². The van der Waals surface area contributed by atoms with Gasteiger partial charge in [-0.05, 0) is 72.1 Å². The lowest BCUT2D eigenvalue weighted by Gasteiger charge is -2.24. The zero-order valence-electron chi connectivity index (χ0n) is 20.5. The molecule has 37 heavy (non-hydrogen) atoms. The molecule has 7 heteroatoms. The molecule has 0 aliphatic rings. The molecular weight excluding hydrogens is 484 g/mol. The second-order valence-electron chi connectivity index (χ2n) is 8.36. The molecule has 6 nitrogen and oxygen atoms in total. The number of carboxylic acids is 1. The number of carbonyl (C=O) groups excluding carboxylic acids is 1. The molecule has 2 N–H and O–H groups in total. The molecule has 0 radical (unpaired) electrons. The molecular formula is C30H28N2O4S. The minimum Gasteiger partial charge on any atom is -0.497 e. The van der Waals surface area contributed by atoms with Crippen LogP contribution in [0.2, 0.25) is 0 Å². The van der Waals surface area contributed by atoms with Crippen molar-refractivity contribution in [2.45, 2.75) is 22.6 Å². The van der Waals surface area contributed by atoms with Crippen LogP contribution < -0.4 is 15.0 Å². The van der Waals surface area contributed by atoms with Gasteiger partial charge in [0.05, 0.1) is 13.5 Å². The van der Waals surface area contributed by atoms with E-state index in [-0.39, 0.29) is 12.5 Å². The van der Waals surface area contributed by atoms with Gasteiger partial charge in [0.2, 0.25) is 0 Å². The van der Waals surface area contributed by atoms with Crippen molar-refractivity contribution in [2.24, 2.45) is 0 Å². The molecule has 0 atom stereocenters. The minimum absolute atomic E-state index is 0.000112. The average Bonchev–Trinajstić information content (AvgIpc) is 2.91. The minimum atomic E-state index is -0.850. The van der Waals surface area contributed by atoms with Crippen LogP contribution in [0, 0.1) is 0 Å². The number of urea groups is 1. The molecule has 4 aromatic carbocycles. The molecule has 0 unspecified atom stereocenters. The number of nitrogens with one attached hydrogen (secondary N) is 1. The average molecular weight is 513 g/mol. The number of amides is 2. The number of nitrogens with zero attached hydrogens (tertiary/aromatic N) is 1. The van der Waals surface area contributed by atoms with Crippen molar-refractivity contribution in [3.8, 4) is 5.75 Å². The highest BCUT2D eigenvalue weighted by molar-refractivity contribution is 7.99. The van der Waals surface area contributed by atoms with E-state index in [1.54, 1.807) is 23.8 Å². The normalized spacial score (nSPS) is 10.5. The van der Waals surface area contributed by atoms with Gasteiger partial charge in [-0.1, -0.05) is 60.3 Å². The predicted octanol–water partition coefficient (Wildman–Crippen LogP) is 6.75. The van der Waals surface area contributed by atoms with E-state index in [1.165, 1.54) is 0 Å². The summed E-state index contributed by atoms with van der Waals surface area (Å²) in [5.74, 6) is -0.128. The van der Waals surface area contributed by atoms with Gasteiger partial charge in [-0.3, -0.25) is 9.69 Å². The Morgan fingerprint density at radius 2 is 1.57 bits per heavy atom. The number of benzene rings is 4. The summed E-state index contributed by atoms with van der Waals surface area (Å²) in [5.41, 5.74) is 3.38. The maximum atomic E-state index is 13.4. The Labute approximate surface area is 220 Å². The number of aliphatic carboxylic acids is 1. The van der Waals surface area contributed by atoms with Crippen LogP contribution in [0.25, 0.3) is 0 Å². The highest BCUT2D eigenvalue weighted by atomic mass is 32.2. The molecule has 0 fully saturated rings. The molecule has 0 aliphatic carbocycles. The SMILES string of the molecule is COc1ccc(NC(=O)N(CCc2ccccc2)c2cccc(Sc3ccc(CC(=O)O)cc3)c2)cc1. The van der Waals surface area contributed by atoms with Crippen LogP contribution >= 0.6 is 11.8 Å². The number of rotatable bonds is 10. The summed E-state index contributed by atoms with van der Waals surface area (Å²) < 4.78 is 5.21. The predicted molar refractivity (Wildman–Crippen MR) is 148 cm³/mol. The van der Waals surface area contributed by atoms with Gasteiger partial charge in [-0.2, -0.15) is 0 Å². The monoisotopic (exact) mass is 512 g/mol. The lowest BCUT2D eigenvalue weighted by atomic mass is 10.1. The van der Waals surface area contributed by atoms with E-state index in [2.05, 4.69) is 17.4 Å². The fourth-order valence-electron chi connectivity index (χ4n) is 3.80. The summed E-state index contributed by atoms with van der Waals surface area (Å²) in [6.07, 6.45) is 0.708. The molecule has 0 saturated heterocycles. The van der Waals surface area contributed by atoms with Crippen molar-refractivity contribution < 1.29 is 19.4 Å². The van der Waals surface area contributed by atoms with E-state index in [1.807, 2.05) is 91.0 Å². The number of carbonyl (C=O) groups is 2. The van der Waals surface area contributed by atoms with Crippen LogP contribution in [-0.4, -0.2) is 30.8 Å². The van der Waals surface area contributed by atoms with Crippen molar-refractivity contribution in [3.63, 3.8) is 0 Å². The van der Waals surface area contributed by atoms with Gasteiger partial charge in [-0.15, -0.1) is 0 Å². The molecule has 0 aliphatic heterocycles. The maximum Gasteiger partial charge on any atom is 0.326 e. The summed E-state index contributed by atoms with van der Waals surface area (Å²) in [4.78, 5) is 28.1. The summed E-state index contributed by atoms with van der Waals surface area (Å²) in [5, 5.41) is 12.0. The van der Waals surface area contributed by atoms with Crippen molar-refractivity contribution in [3.05, 3.63) is 114 Å². The summed E-state index contributed by atoms with van der Waals surface area (Å²) in [6, 6.07) is 32.4. The van der Waals surface area contributed by atoms with E-state index in [9.17, 15) is 9.59 Å². The fraction of sp³-hybridized carbons (Fsp3) is 0.133. The Hall–Kier alpha value is -4.23. The Balaban J connectivity index is 1.53. The first kappa shape index (κ1) is 25.9. The molecule has 0 spiro atoms. The zero-order chi connectivity index (χ0) is 26.0. The fourth-order valence-corrected chi connectivity index (χ4v) is 4.67. The van der Waals surface area contributed by atoms with Crippen LogP contribution in [0.3, 0.4) is 0 Å². The Kier molecular flexibility index (Phi) is 8.84. The van der Waals surface area contributed by atoms with E-state index in [0.717, 1.165) is 32.4 Å². The smallest absolute Gasteiger partial charge is 0.326 e. The summed E-state index contributed by atoms with van der Waals surface area (Å²) in [6.45, 7) is 0.504. The van der Waals surface area contributed by atoms with Gasteiger partial charge in [0.25, 0.3) is 0 Å². The lowest BCUT2D eigenvalue weighted by molar-refractivity contribution is -0.136. The molecule has 4 rings (SSSR count). The number of hydrogen-bond donors (Lipinski definition) is 2. The number of anilines is 2. The topological polar surface area (TPSA) is 78.9 Å². The first-order chi connectivity index (χ1) is 18.0. The van der Waals surface area contributed by atoms with E-state index in [4.69, 9.17) is 9.84 Å². The number of ether oxygens (including phenoxy) is 1. The molecule has 4 aromatic rings. The van der Waals surface area contributed by atoms with E-state index < -0.39 is 5.97 Å². The molecule has 0 heterocycles. The molecule has 0 bridgehead atoms.